The van der Waals surface area contributed by atoms with Gasteiger partial charge < -0.3 is 0 Å². The smallest absolute Gasteiger partial charge is 0.214 e. The summed E-state index contributed by atoms with van der Waals surface area (Å²) >= 11 is 0. The van der Waals surface area contributed by atoms with Gasteiger partial charge in [-0.2, -0.15) is 4.31 Å². The van der Waals surface area contributed by atoms with Crippen LogP contribution in [0.5, 0.6) is 0 Å². The third-order valence-electron chi connectivity index (χ3n) is 3.94. The molecular weight excluding hydrogens is 224 g/mol. The minimum Gasteiger partial charge on any atom is -0.297 e. The van der Waals surface area contributed by atoms with Crippen LogP contribution in [0.25, 0.3) is 0 Å². The van der Waals surface area contributed by atoms with E-state index in [9.17, 15) is 8.42 Å². The molecule has 0 aliphatic carbocycles. The third-order valence-corrected chi connectivity index (χ3v) is 5.83. The van der Waals surface area contributed by atoms with Gasteiger partial charge in [0, 0.05) is 25.2 Å². The van der Waals surface area contributed by atoms with Crippen LogP contribution >= 0.6 is 0 Å². The van der Waals surface area contributed by atoms with Gasteiger partial charge in [0.2, 0.25) is 10.0 Å². The van der Waals surface area contributed by atoms with Crippen LogP contribution in [0.4, 0.5) is 0 Å². The molecule has 4 nitrogen and oxygen atoms in total. The lowest BCUT2D eigenvalue weighted by Crippen LogP contribution is -2.57. The zero-order valence-corrected chi connectivity index (χ0v) is 11.0. The number of hydrogen-bond acceptors (Lipinski definition) is 3. The summed E-state index contributed by atoms with van der Waals surface area (Å²) in [5.41, 5.74) is 0. The molecule has 2 aliphatic rings. The van der Waals surface area contributed by atoms with Crippen molar-refractivity contribution in [3.8, 4) is 0 Å². The van der Waals surface area contributed by atoms with Crippen molar-refractivity contribution in [2.24, 2.45) is 0 Å². The number of rotatable bonds is 3. The van der Waals surface area contributed by atoms with E-state index in [-0.39, 0.29) is 11.8 Å². The Hall–Kier alpha value is -0.130. The quantitative estimate of drug-likeness (QED) is 0.743. The van der Waals surface area contributed by atoms with Crippen molar-refractivity contribution < 1.29 is 8.42 Å². The Labute approximate surface area is 98.7 Å². The predicted octanol–water partition coefficient (Wildman–Crippen LogP) is 0.895. The van der Waals surface area contributed by atoms with E-state index >= 15 is 0 Å². The van der Waals surface area contributed by atoms with Crippen LogP contribution in [0.1, 0.15) is 33.1 Å². The minimum atomic E-state index is -3.01. The number of hydrogen-bond donors (Lipinski definition) is 0. The molecule has 94 valence electrons. The summed E-state index contributed by atoms with van der Waals surface area (Å²) in [5, 5.41) is 0. The molecule has 0 N–H and O–H groups in total. The molecule has 2 rings (SSSR count). The lowest BCUT2D eigenvalue weighted by Gasteiger charge is -2.42. The minimum absolute atomic E-state index is 0.194. The zero-order valence-electron chi connectivity index (χ0n) is 10.2. The van der Waals surface area contributed by atoms with Crippen molar-refractivity contribution in [3.05, 3.63) is 0 Å². The molecule has 0 unspecified atom stereocenters. The maximum Gasteiger partial charge on any atom is 0.214 e. The van der Waals surface area contributed by atoms with E-state index in [0.717, 1.165) is 25.9 Å². The topological polar surface area (TPSA) is 40.6 Å². The van der Waals surface area contributed by atoms with Crippen molar-refractivity contribution in [1.82, 2.24) is 9.21 Å². The van der Waals surface area contributed by atoms with E-state index in [4.69, 9.17) is 0 Å². The normalized spacial score (nSPS) is 32.9. The monoisotopic (exact) mass is 246 g/mol. The Morgan fingerprint density at radius 2 is 2.00 bits per heavy atom. The van der Waals surface area contributed by atoms with Crippen LogP contribution in [0, 0.1) is 0 Å². The molecule has 2 fully saturated rings. The molecule has 2 atom stereocenters. The van der Waals surface area contributed by atoms with E-state index in [2.05, 4.69) is 11.8 Å². The van der Waals surface area contributed by atoms with Gasteiger partial charge in [-0.1, -0.05) is 6.92 Å². The second-order valence-corrected chi connectivity index (χ2v) is 7.03. The molecule has 2 saturated heterocycles. The highest BCUT2D eigenvalue weighted by Crippen LogP contribution is 2.27. The molecule has 0 spiro atoms. The van der Waals surface area contributed by atoms with Gasteiger partial charge >= 0.3 is 0 Å². The van der Waals surface area contributed by atoms with Crippen LogP contribution in [0.3, 0.4) is 0 Å². The van der Waals surface area contributed by atoms with E-state index in [0.29, 0.717) is 12.6 Å². The average molecular weight is 246 g/mol. The molecule has 0 aromatic heterocycles. The van der Waals surface area contributed by atoms with Crippen LogP contribution in [0.2, 0.25) is 0 Å². The number of fused-ring (bicyclic) bond motifs is 1. The van der Waals surface area contributed by atoms with Crippen molar-refractivity contribution >= 4 is 10.0 Å². The average Bonchev–Trinajstić information content (AvgIpc) is 2.74. The molecule has 5 heteroatoms. The molecule has 0 aromatic rings. The summed E-state index contributed by atoms with van der Waals surface area (Å²) in [6.45, 7) is 6.62. The predicted molar refractivity (Wildman–Crippen MR) is 64.8 cm³/mol. The molecule has 0 bridgehead atoms. The Morgan fingerprint density at radius 1 is 1.25 bits per heavy atom. The van der Waals surface area contributed by atoms with Crippen molar-refractivity contribution in [2.45, 2.75) is 45.2 Å². The molecule has 0 saturated carbocycles. The van der Waals surface area contributed by atoms with Crippen molar-refractivity contribution in [2.75, 3.05) is 25.4 Å². The van der Waals surface area contributed by atoms with Crippen molar-refractivity contribution in [1.29, 1.82) is 0 Å². The standard InChI is InChI=1S/C11H22N2O2S/c1-3-10-8-12-7-5-6-11(12)9-13(10)16(14,15)4-2/h10-11H,3-9H2,1-2H3/t10-,11+/m0/s1. The SMILES string of the molecule is CC[C@H]1CN2CCC[C@@H]2CN1S(=O)(=O)CC. The van der Waals surface area contributed by atoms with Crippen LogP contribution < -0.4 is 0 Å². The summed E-state index contributed by atoms with van der Waals surface area (Å²) in [5.74, 6) is 0.232. The van der Waals surface area contributed by atoms with Crippen LogP contribution in [-0.4, -0.2) is 55.1 Å². The fourth-order valence-corrected chi connectivity index (χ4v) is 4.30. The first kappa shape index (κ1) is 12.3. The maximum absolute atomic E-state index is 12.0. The van der Waals surface area contributed by atoms with Gasteiger partial charge in [-0.3, -0.25) is 4.90 Å². The Balaban J connectivity index is 2.17. The Kier molecular flexibility index (Phi) is 3.56. The van der Waals surface area contributed by atoms with Gasteiger partial charge in [0.15, 0.2) is 0 Å². The first-order chi connectivity index (χ1) is 7.58. The highest BCUT2D eigenvalue weighted by atomic mass is 32.2. The maximum atomic E-state index is 12.0. The van der Waals surface area contributed by atoms with Gasteiger partial charge in [-0.25, -0.2) is 8.42 Å². The molecule has 0 aromatic carbocycles. The van der Waals surface area contributed by atoms with Gasteiger partial charge in [-0.15, -0.1) is 0 Å². The van der Waals surface area contributed by atoms with Gasteiger partial charge in [0.25, 0.3) is 0 Å². The summed E-state index contributed by atoms with van der Waals surface area (Å²) < 4.78 is 25.8. The highest BCUT2D eigenvalue weighted by molar-refractivity contribution is 7.89. The van der Waals surface area contributed by atoms with Crippen molar-refractivity contribution in [3.63, 3.8) is 0 Å². The fourth-order valence-electron chi connectivity index (χ4n) is 2.90. The summed E-state index contributed by atoms with van der Waals surface area (Å²) in [7, 11) is -3.01. The van der Waals surface area contributed by atoms with E-state index in [1.54, 1.807) is 11.2 Å². The van der Waals surface area contributed by atoms with E-state index < -0.39 is 10.0 Å². The fraction of sp³-hybridized carbons (Fsp3) is 1.00. The van der Waals surface area contributed by atoms with Crippen LogP contribution in [-0.2, 0) is 10.0 Å². The highest BCUT2D eigenvalue weighted by Gasteiger charge is 2.39. The third kappa shape index (κ3) is 2.13. The zero-order chi connectivity index (χ0) is 11.8. The summed E-state index contributed by atoms with van der Waals surface area (Å²) in [6, 6.07) is 0.670. The van der Waals surface area contributed by atoms with E-state index in [1.807, 2.05) is 0 Å². The second-order valence-electron chi connectivity index (χ2n) is 4.82. The molecule has 0 amide bonds. The molecule has 2 heterocycles. The number of nitrogens with zero attached hydrogens (tertiary/aromatic N) is 2. The number of piperazine rings is 1. The second kappa shape index (κ2) is 4.63. The lowest BCUT2D eigenvalue weighted by atomic mass is 10.1. The summed E-state index contributed by atoms with van der Waals surface area (Å²) in [6.07, 6.45) is 3.30. The first-order valence-electron chi connectivity index (χ1n) is 6.32. The van der Waals surface area contributed by atoms with Crippen LogP contribution in [0.15, 0.2) is 0 Å². The number of sulfonamides is 1. The van der Waals surface area contributed by atoms with E-state index in [1.165, 1.54) is 6.42 Å². The molecule has 2 aliphatic heterocycles. The Bertz CT molecular complexity index is 342. The van der Waals surface area contributed by atoms with Gasteiger partial charge in [0.05, 0.1) is 5.75 Å². The Morgan fingerprint density at radius 3 is 2.62 bits per heavy atom. The van der Waals surface area contributed by atoms with Gasteiger partial charge in [0.1, 0.15) is 0 Å². The summed E-state index contributed by atoms with van der Waals surface area (Å²) in [4.78, 5) is 2.47. The molecule has 0 radical (unpaired) electrons. The molecule has 16 heavy (non-hydrogen) atoms. The lowest BCUT2D eigenvalue weighted by molar-refractivity contribution is 0.107. The largest absolute Gasteiger partial charge is 0.297 e. The van der Waals surface area contributed by atoms with Gasteiger partial charge in [-0.05, 0) is 32.7 Å². The first-order valence-corrected chi connectivity index (χ1v) is 7.93. The molecular formula is C11H22N2O2S.